The molecule has 0 aliphatic rings. The molecule has 0 unspecified atom stereocenters. The van der Waals surface area contributed by atoms with Gasteiger partial charge in [-0.15, -0.1) is 5.10 Å². The van der Waals surface area contributed by atoms with Crippen LogP contribution in [0.2, 0.25) is 0 Å². The van der Waals surface area contributed by atoms with Gasteiger partial charge in [-0.3, -0.25) is 4.68 Å². The average Bonchev–Trinajstić information content (AvgIpc) is 2.59. The van der Waals surface area contributed by atoms with Crippen molar-refractivity contribution >= 4 is 5.82 Å². The number of nitrogens with zero attached hydrogens (tertiary/aromatic N) is 3. The summed E-state index contributed by atoms with van der Waals surface area (Å²) in [5.41, 5.74) is 0.443. The van der Waals surface area contributed by atoms with Crippen LogP contribution in [0.3, 0.4) is 0 Å². The first-order valence-corrected chi connectivity index (χ1v) is 5.59. The number of nitrogens with one attached hydrogen (secondary N) is 1. The SMILES string of the molecule is CNc1cn(CCCCC(C)(C)C)nn1. The molecule has 1 aromatic rings. The Morgan fingerprint density at radius 2 is 2.07 bits per heavy atom. The van der Waals surface area contributed by atoms with Gasteiger partial charge in [-0.1, -0.05) is 32.4 Å². The van der Waals surface area contributed by atoms with Gasteiger partial charge in [-0.25, -0.2) is 0 Å². The Kier molecular flexibility index (Phi) is 4.12. The van der Waals surface area contributed by atoms with Crippen molar-refractivity contribution in [2.24, 2.45) is 5.41 Å². The highest BCUT2D eigenvalue weighted by atomic mass is 15.4. The van der Waals surface area contributed by atoms with Gasteiger partial charge in [0.2, 0.25) is 0 Å². The van der Waals surface area contributed by atoms with E-state index in [1.807, 2.05) is 17.9 Å². The Labute approximate surface area is 92.1 Å². The maximum Gasteiger partial charge on any atom is 0.168 e. The van der Waals surface area contributed by atoms with E-state index in [0.717, 1.165) is 12.4 Å². The van der Waals surface area contributed by atoms with Crippen LogP contribution in [0.5, 0.6) is 0 Å². The highest BCUT2D eigenvalue weighted by Crippen LogP contribution is 2.21. The number of anilines is 1. The Bertz CT molecular complexity index is 285. The average molecular weight is 210 g/mol. The van der Waals surface area contributed by atoms with Gasteiger partial charge < -0.3 is 5.32 Å². The van der Waals surface area contributed by atoms with E-state index in [1.54, 1.807) is 0 Å². The molecule has 1 heterocycles. The van der Waals surface area contributed by atoms with Crippen LogP contribution in [0.25, 0.3) is 0 Å². The van der Waals surface area contributed by atoms with E-state index in [9.17, 15) is 0 Å². The van der Waals surface area contributed by atoms with Crippen LogP contribution >= 0.6 is 0 Å². The molecule has 0 aliphatic heterocycles. The van der Waals surface area contributed by atoms with Gasteiger partial charge in [0.25, 0.3) is 0 Å². The molecule has 0 atom stereocenters. The zero-order valence-corrected chi connectivity index (χ0v) is 10.2. The predicted octanol–water partition coefficient (Wildman–Crippen LogP) is 2.54. The summed E-state index contributed by atoms with van der Waals surface area (Å²) in [5, 5.41) is 11.0. The van der Waals surface area contributed by atoms with E-state index >= 15 is 0 Å². The molecule has 0 fully saturated rings. The van der Waals surface area contributed by atoms with Gasteiger partial charge in [0.05, 0.1) is 6.20 Å². The first-order chi connectivity index (χ1) is 7.01. The topological polar surface area (TPSA) is 42.7 Å². The molecule has 1 aromatic heterocycles. The molecule has 1 rings (SSSR count). The second-order valence-corrected chi connectivity index (χ2v) is 5.13. The molecule has 4 heteroatoms. The van der Waals surface area contributed by atoms with Crippen molar-refractivity contribution in [1.29, 1.82) is 0 Å². The summed E-state index contributed by atoms with van der Waals surface area (Å²) in [7, 11) is 1.86. The zero-order valence-electron chi connectivity index (χ0n) is 10.2. The van der Waals surface area contributed by atoms with E-state index in [0.29, 0.717) is 5.41 Å². The number of unbranched alkanes of at least 4 members (excludes halogenated alkanes) is 1. The van der Waals surface area contributed by atoms with E-state index in [-0.39, 0.29) is 0 Å². The van der Waals surface area contributed by atoms with E-state index in [4.69, 9.17) is 0 Å². The third kappa shape index (κ3) is 4.81. The van der Waals surface area contributed by atoms with Gasteiger partial charge in [-0.05, 0) is 18.3 Å². The summed E-state index contributed by atoms with van der Waals surface area (Å²) in [6.45, 7) is 7.80. The van der Waals surface area contributed by atoms with Gasteiger partial charge >= 0.3 is 0 Å². The van der Waals surface area contributed by atoms with Gasteiger partial charge in [0, 0.05) is 13.6 Å². The van der Waals surface area contributed by atoms with Crippen LogP contribution < -0.4 is 5.32 Å². The van der Waals surface area contributed by atoms with Crippen molar-refractivity contribution in [1.82, 2.24) is 15.0 Å². The second kappa shape index (κ2) is 5.14. The third-order valence-electron chi connectivity index (χ3n) is 2.36. The molecule has 1 N–H and O–H groups in total. The number of hydrogen-bond acceptors (Lipinski definition) is 3. The maximum absolute atomic E-state index is 4.03. The second-order valence-electron chi connectivity index (χ2n) is 5.13. The molecule has 0 amide bonds. The Hall–Kier alpha value is -1.06. The summed E-state index contributed by atoms with van der Waals surface area (Å²) in [6, 6.07) is 0. The number of aromatic nitrogens is 3. The van der Waals surface area contributed by atoms with Crippen molar-refractivity contribution in [2.75, 3.05) is 12.4 Å². The molecule has 0 saturated carbocycles. The van der Waals surface area contributed by atoms with Crippen LogP contribution in [0.15, 0.2) is 6.20 Å². The molecule has 0 radical (unpaired) electrons. The lowest BCUT2D eigenvalue weighted by Gasteiger charge is -2.17. The molecular weight excluding hydrogens is 188 g/mol. The van der Waals surface area contributed by atoms with Crippen LogP contribution in [-0.2, 0) is 6.54 Å². The Morgan fingerprint density at radius 1 is 1.33 bits per heavy atom. The molecule has 4 nitrogen and oxygen atoms in total. The zero-order chi connectivity index (χ0) is 11.3. The smallest absolute Gasteiger partial charge is 0.168 e. The fourth-order valence-electron chi connectivity index (χ4n) is 1.45. The lowest BCUT2D eigenvalue weighted by Crippen LogP contribution is -2.06. The van der Waals surface area contributed by atoms with Crippen molar-refractivity contribution in [3.63, 3.8) is 0 Å². The quantitative estimate of drug-likeness (QED) is 0.759. The lowest BCUT2D eigenvalue weighted by molar-refractivity contribution is 0.352. The largest absolute Gasteiger partial charge is 0.370 e. The fraction of sp³-hybridized carbons (Fsp3) is 0.818. The number of rotatable bonds is 5. The van der Waals surface area contributed by atoms with Gasteiger partial charge in [0.1, 0.15) is 0 Å². The Balaban J connectivity index is 2.20. The van der Waals surface area contributed by atoms with E-state index in [1.165, 1.54) is 19.3 Å². The first-order valence-electron chi connectivity index (χ1n) is 5.59. The summed E-state index contributed by atoms with van der Waals surface area (Å²) >= 11 is 0. The summed E-state index contributed by atoms with van der Waals surface area (Å²) in [6.07, 6.45) is 5.62. The normalized spacial score (nSPS) is 11.7. The molecule has 0 spiro atoms. The van der Waals surface area contributed by atoms with Crippen molar-refractivity contribution < 1.29 is 0 Å². The molecule has 15 heavy (non-hydrogen) atoms. The van der Waals surface area contributed by atoms with E-state index in [2.05, 4.69) is 36.4 Å². The predicted molar refractivity (Wildman–Crippen MR) is 62.9 cm³/mol. The van der Waals surface area contributed by atoms with Crippen LogP contribution in [0, 0.1) is 5.41 Å². The first kappa shape index (κ1) is 12.0. The lowest BCUT2D eigenvalue weighted by atomic mass is 9.90. The van der Waals surface area contributed by atoms with Crippen molar-refractivity contribution in [3.05, 3.63) is 6.20 Å². The highest BCUT2D eigenvalue weighted by molar-refractivity contribution is 5.27. The van der Waals surface area contributed by atoms with Crippen molar-refractivity contribution in [2.45, 2.75) is 46.6 Å². The summed E-state index contributed by atoms with van der Waals surface area (Å²) < 4.78 is 1.90. The standard InChI is InChI=1S/C11H22N4/c1-11(2,3)7-5-6-8-15-9-10(12-4)13-14-15/h9,12H,5-8H2,1-4H3. The summed E-state index contributed by atoms with van der Waals surface area (Å²) in [5.74, 6) is 0.839. The minimum atomic E-state index is 0.443. The molecule has 0 aliphatic carbocycles. The molecule has 0 bridgehead atoms. The van der Waals surface area contributed by atoms with Crippen molar-refractivity contribution in [3.8, 4) is 0 Å². The monoisotopic (exact) mass is 210 g/mol. The van der Waals surface area contributed by atoms with Crippen LogP contribution in [0.1, 0.15) is 40.0 Å². The third-order valence-corrected chi connectivity index (χ3v) is 2.36. The molecular formula is C11H22N4. The minimum Gasteiger partial charge on any atom is -0.370 e. The molecule has 0 saturated heterocycles. The van der Waals surface area contributed by atoms with Crippen LogP contribution in [-0.4, -0.2) is 22.0 Å². The molecule has 86 valence electrons. The molecule has 0 aromatic carbocycles. The highest BCUT2D eigenvalue weighted by Gasteiger charge is 2.08. The number of hydrogen-bond donors (Lipinski definition) is 1. The fourth-order valence-corrected chi connectivity index (χ4v) is 1.45. The Morgan fingerprint density at radius 3 is 2.60 bits per heavy atom. The van der Waals surface area contributed by atoms with Gasteiger partial charge in [-0.2, -0.15) is 0 Å². The summed E-state index contributed by atoms with van der Waals surface area (Å²) in [4.78, 5) is 0. The van der Waals surface area contributed by atoms with E-state index < -0.39 is 0 Å². The minimum absolute atomic E-state index is 0.443. The van der Waals surface area contributed by atoms with Crippen LogP contribution in [0.4, 0.5) is 5.82 Å². The number of aryl methyl sites for hydroxylation is 1. The van der Waals surface area contributed by atoms with Gasteiger partial charge in [0.15, 0.2) is 5.82 Å². The maximum atomic E-state index is 4.03.